The molecule has 0 unspecified atom stereocenters. The highest BCUT2D eigenvalue weighted by Gasteiger charge is 2.08. The van der Waals surface area contributed by atoms with Gasteiger partial charge in [-0.25, -0.2) is 0 Å². The minimum Gasteiger partial charge on any atom is -0.491 e. The summed E-state index contributed by atoms with van der Waals surface area (Å²) < 4.78 is 10.8. The molecule has 3 nitrogen and oxygen atoms in total. The molecule has 0 aliphatic rings. The first-order valence-electron chi connectivity index (χ1n) is 6.47. The first-order valence-corrected chi connectivity index (χ1v) is 6.47. The average Bonchev–Trinajstić information content (AvgIpc) is 2.89. The van der Waals surface area contributed by atoms with E-state index >= 15 is 0 Å². The van der Waals surface area contributed by atoms with Crippen LogP contribution in [0.3, 0.4) is 0 Å². The number of Topliss-reactive ketones (excluding diaryl/α,β-unsaturated/α-hetero) is 1. The highest BCUT2D eigenvalue weighted by Crippen LogP contribution is 2.16. The van der Waals surface area contributed by atoms with Crippen LogP contribution in [0.5, 0.6) is 5.75 Å². The first kappa shape index (κ1) is 13.4. The Balaban J connectivity index is 1.92. The Morgan fingerprint density at radius 1 is 1.21 bits per heavy atom. The third kappa shape index (κ3) is 3.98. The minimum absolute atomic E-state index is 0.118. The van der Waals surface area contributed by atoms with E-state index in [1.807, 2.05) is 50.2 Å². The van der Waals surface area contributed by atoms with Crippen molar-refractivity contribution in [1.82, 2.24) is 0 Å². The predicted octanol–water partition coefficient (Wildman–Crippen LogP) is 3.88. The summed E-state index contributed by atoms with van der Waals surface area (Å²) in [5.41, 5.74) is 0.711. The van der Waals surface area contributed by atoms with Gasteiger partial charge in [-0.3, -0.25) is 4.79 Å². The van der Waals surface area contributed by atoms with Crippen LogP contribution < -0.4 is 4.74 Å². The normalized spacial score (nSPS) is 10.7. The maximum Gasteiger partial charge on any atom is 0.163 e. The molecule has 0 bridgehead atoms. The molecule has 3 heteroatoms. The number of carbonyl (C=O) groups is 1. The van der Waals surface area contributed by atoms with Crippen LogP contribution in [-0.4, -0.2) is 11.9 Å². The highest BCUT2D eigenvalue weighted by atomic mass is 16.5. The van der Waals surface area contributed by atoms with E-state index in [2.05, 4.69) is 0 Å². The van der Waals surface area contributed by atoms with Crippen LogP contribution in [0.1, 0.15) is 36.4 Å². The molecule has 0 saturated heterocycles. The zero-order chi connectivity index (χ0) is 13.7. The van der Waals surface area contributed by atoms with E-state index in [1.165, 1.54) is 0 Å². The van der Waals surface area contributed by atoms with E-state index in [0.29, 0.717) is 18.4 Å². The molecule has 0 radical (unpaired) electrons. The molecule has 0 amide bonds. The van der Waals surface area contributed by atoms with Crippen molar-refractivity contribution in [2.24, 2.45) is 0 Å². The molecular weight excluding hydrogens is 240 g/mol. The summed E-state index contributed by atoms with van der Waals surface area (Å²) in [5, 5.41) is 0. The second kappa shape index (κ2) is 6.23. The van der Waals surface area contributed by atoms with Gasteiger partial charge in [0, 0.05) is 18.4 Å². The Morgan fingerprint density at radius 3 is 2.53 bits per heavy atom. The summed E-state index contributed by atoms with van der Waals surface area (Å²) in [5.74, 6) is 1.75. The van der Waals surface area contributed by atoms with Crippen molar-refractivity contribution in [2.75, 3.05) is 0 Å². The molecule has 100 valence electrons. The van der Waals surface area contributed by atoms with Gasteiger partial charge < -0.3 is 9.15 Å². The van der Waals surface area contributed by atoms with Gasteiger partial charge in [0.1, 0.15) is 11.5 Å². The zero-order valence-electron chi connectivity index (χ0n) is 11.3. The number of hydrogen-bond donors (Lipinski definition) is 0. The lowest BCUT2D eigenvalue weighted by Gasteiger charge is -2.09. The number of carbonyl (C=O) groups excluding carboxylic acids is 1. The number of rotatable bonds is 6. The van der Waals surface area contributed by atoms with Crippen molar-refractivity contribution in [3.63, 3.8) is 0 Å². The van der Waals surface area contributed by atoms with Crippen molar-refractivity contribution in [2.45, 2.75) is 32.8 Å². The molecule has 0 aliphatic heterocycles. The summed E-state index contributed by atoms with van der Waals surface area (Å²) in [4.78, 5) is 12.0. The number of ketones is 1. The molecule has 1 aromatic heterocycles. The van der Waals surface area contributed by atoms with Gasteiger partial charge >= 0.3 is 0 Å². The van der Waals surface area contributed by atoms with Crippen LogP contribution in [0.2, 0.25) is 0 Å². The second-order valence-corrected chi connectivity index (χ2v) is 4.69. The Kier molecular flexibility index (Phi) is 4.39. The standard InChI is InChI=1S/C16H18O3/c1-12(2)19-15-7-5-13(6-8-15)16(17)10-9-14-4-3-11-18-14/h3-8,11-12H,9-10H2,1-2H3. The van der Waals surface area contributed by atoms with Gasteiger partial charge in [-0.1, -0.05) is 0 Å². The van der Waals surface area contributed by atoms with Crippen molar-refractivity contribution < 1.29 is 13.9 Å². The van der Waals surface area contributed by atoms with E-state index in [0.717, 1.165) is 11.5 Å². The fraction of sp³-hybridized carbons (Fsp3) is 0.312. The smallest absolute Gasteiger partial charge is 0.163 e. The summed E-state index contributed by atoms with van der Waals surface area (Å²) in [6.45, 7) is 3.95. The van der Waals surface area contributed by atoms with Crippen LogP contribution in [-0.2, 0) is 6.42 Å². The van der Waals surface area contributed by atoms with Gasteiger partial charge in [-0.05, 0) is 50.2 Å². The average molecular weight is 258 g/mol. The summed E-state index contributed by atoms with van der Waals surface area (Å²) in [6.07, 6.45) is 2.85. The van der Waals surface area contributed by atoms with E-state index in [-0.39, 0.29) is 11.9 Å². The number of hydrogen-bond acceptors (Lipinski definition) is 3. The van der Waals surface area contributed by atoms with E-state index in [4.69, 9.17) is 9.15 Å². The Labute approximate surface area is 113 Å². The Hall–Kier alpha value is -2.03. The van der Waals surface area contributed by atoms with Crippen LogP contribution in [0.4, 0.5) is 0 Å². The fourth-order valence-corrected chi connectivity index (χ4v) is 1.83. The van der Waals surface area contributed by atoms with Crippen LogP contribution >= 0.6 is 0 Å². The molecule has 1 heterocycles. The highest BCUT2D eigenvalue weighted by molar-refractivity contribution is 5.96. The van der Waals surface area contributed by atoms with Gasteiger partial charge in [-0.2, -0.15) is 0 Å². The van der Waals surface area contributed by atoms with Crippen LogP contribution in [0, 0.1) is 0 Å². The molecule has 2 rings (SSSR count). The van der Waals surface area contributed by atoms with Crippen molar-refractivity contribution in [1.29, 1.82) is 0 Å². The topological polar surface area (TPSA) is 39.4 Å². The quantitative estimate of drug-likeness (QED) is 0.738. The predicted molar refractivity (Wildman–Crippen MR) is 73.6 cm³/mol. The number of aryl methyl sites for hydroxylation is 1. The third-order valence-corrected chi connectivity index (χ3v) is 2.73. The molecule has 2 aromatic rings. The summed E-state index contributed by atoms with van der Waals surface area (Å²) >= 11 is 0. The number of furan rings is 1. The zero-order valence-corrected chi connectivity index (χ0v) is 11.3. The Morgan fingerprint density at radius 2 is 1.95 bits per heavy atom. The number of benzene rings is 1. The molecule has 0 atom stereocenters. The molecule has 0 spiro atoms. The first-order chi connectivity index (χ1) is 9.15. The van der Waals surface area contributed by atoms with Crippen LogP contribution in [0.15, 0.2) is 47.1 Å². The van der Waals surface area contributed by atoms with E-state index < -0.39 is 0 Å². The molecule has 19 heavy (non-hydrogen) atoms. The maximum atomic E-state index is 12.0. The fourth-order valence-electron chi connectivity index (χ4n) is 1.83. The lowest BCUT2D eigenvalue weighted by molar-refractivity contribution is 0.0981. The minimum atomic E-state index is 0.118. The number of ether oxygens (including phenoxy) is 1. The lowest BCUT2D eigenvalue weighted by Crippen LogP contribution is -2.06. The monoisotopic (exact) mass is 258 g/mol. The lowest BCUT2D eigenvalue weighted by atomic mass is 10.1. The SMILES string of the molecule is CC(C)Oc1ccc(C(=O)CCc2ccco2)cc1. The molecule has 1 aromatic carbocycles. The van der Waals surface area contributed by atoms with Crippen molar-refractivity contribution >= 4 is 5.78 Å². The molecule has 0 fully saturated rings. The maximum absolute atomic E-state index is 12.0. The molecular formula is C16H18O3. The van der Waals surface area contributed by atoms with Gasteiger partial charge in [0.2, 0.25) is 0 Å². The van der Waals surface area contributed by atoms with Gasteiger partial charge in [0.25, 0.3) is 0 Å². The van der Waals surface area contributed by atoms with Crippen molar-refractivity contribution in [3.8, 4) is 5.75 Å². The molecule has 0 saturated carbocycles. The second-order valence-electron chi connectivity index (χ2n) is 4.69. The largest absolute Gasteiger partial charge is 0.491 e. The van der Waals surface area contributed by atoms with Crippen molar-refractivity contribution in [3.05, 3.63) is 54.0 Å². The molecule has 0 N–H and O–H groups in total. The van der Waals surface area contributed by atoms with E-state index in [1.54, 1.807) is 6.26 Å². The molecule has 0 aliphatic carbocycles. The van der Waals surface area contributed by atoms with Crippen LogP contribution in [0.25, 0.3) is 0 Å². The van der Waals surface area contributed by atoms with Gasteiger partial charge in [-0.15, -0.1) is 0 Å². The third-order valence-electron chi connectivity index (χ3n) is 2.73. The summed E-state index contributed by atoms with van der Waals surface area (Å²) in [7, 11) is 0. The Bertz CT molecular complexity index is 509. The summed E-state index contributed by atoms with van der Waals surface area (Å²) in [6, 6.07) is 11.0. The van der Waals surface area contributed by atoms with Gasteiger partial charge in [0.15, 0.2) is 5.78 Å². The van der Waals surface area contributed by atoms with Gasteiger partial charge in [0.05, 0.1) is 12.4 Å². The van der Waals surface area contributed by atoms with E-state index in [9.17, 15) is 4.79 Å².